The molecule has 1 N–H and O–H groups in total. The van der Waals surface area contributed by atoms with Crippen LogP contribution in [0.25, 0.3) is 0 Å². The summed E-state index contributed by atoms with van der Waals surface area (Å²) in [4.78, 5) is 14.7. The normalized spacial score (nSPS) is 18.4. The fraction of sp³-hybridized carbons (Fsp3) is 0.278. The Morgan fingerprint density at radius 2 is 1.72 bits per heavy atom. The third-order valence-corrected chi connectivity index (χ3v) is 4.27. The first-order valence-corrected chi connectivity index (χ1v) is 7.86. The molecule has 25 heavy (non-hydrogen) atoms. The van der Waals surface area contributed by atoms with Gasteiger partial charge in [0, 0.05) is 38.3 Å². The molecule has 7 heteroatoms. The van der Waals surface area contributed by atoms with E-state index in [1.165, 1.54) is 0 Å². The highest BCUT2D eigenvalue weighted by Crippen LogP contribution is 2.28. The maximum Gasteiger partial charge on any atom is 0.327 e. The van der Waals surface area contributed by atoms with Crippen molar-refractivity contribution in [2.45, 2.75) is 12.6 Å². The molecule has 3 rings (SSSR count). The summed E-state index contributed by atoms with van der Waals surface area (Å²) in [7, 11) is 0. The second-order valence-electron chi connectivity index (χ2n) is 5.99. The minimum atomic E-state index is -1.18. The molecule has 0 aromatic heterocycles. The van der Waals surface area contributed by atoms with Crippen LogP contribution in [0.3, 0.4) is 0 Å². The van der Waals surface area contributed by atoms with Crippen LogP contribution in [0.4, 0.5) is 18.9 Å². The largest absolute Gasteiger partial charge is 0.480 e. The zero-order valence-electron chi connectivity index (χ0n) is 13.3. The minimum absolute atomic E-state index is 0.112. The number of nitrogens with zero attached hydrogens (tertiary/aromatic N) is 2. The topological polar surface area (TPSA) is 43.8 Å². The van der Waals surface area contributed by atoms with Gasteiger partial charge in [-0.05, 0) is 5.56 Å². The summed E-state index contributed by atoms with van der Waals surface area (Å²) in [6.07, 6.45) is 0. The average Bonchev–Trinajstić information content (AvgIpc) is 2.56. The van der Waals surface area contributed by atoms with Crippen molar-refractivity contribution in [2.75, 3.05) is 24.5 Å². The van der Waals surface area contributed by atoms with Crippen LogP contribution in [0.15, 0.2) is 42.5 Å². The van der Waals surface area contributed by atoms with Gasteiger partial charge in [-0.3, -0.25) is 4.90 Å². The van der Waals surface area contributed by atoms with Crippen molar-refractivity contribution in [3.63, 3.8) is 0 Å². The molecule has 1 unspecified atom stereocenters. The summed E-state index contributed by atoms with van der Waals surface area (Å²) in [6, 6.07) is 9.55. The van der Waals surface area contributed by atoms with Crippen LogP contribution in [0.1, 0.15) is 5.56 Å². The molecule has 2 aromatic carbocycles. The molecule has 4 nitrogen and oxygen atoms in total. The molecule has 1 atom stereocenters. The van der Waals surface area contributed by atoms with Gasteiger partial charge in [-0.1, -0.05) is 30.3 Å². The highest BCUT2D eigenvalue weighted by Gasteiger charge is 2.35. The number of piperazine rings is 1. The molecule has 0 amide bonds. The lowest BCUT2D eigenvalue weighted by atomic mass is 10.1. The van der Waals surface area contributed by atoms with Crippen molar-refractivity contribution < 1.29 is 23.1 Å². The number of aliphatic carboxylic acids is 1. The Hall–Kier alpha value is -2.54. The van der Waals surface area contributed by atoms with Crippen LogP contribution in [0, 0.1) is 17.5 Å². The van der Waals surface area contributed by atoms with Crippen molar-refractivity contribution in [3.8, 4) is 0 Å². The number of halogens is 3. The zero-order valence-corrected chi connectivity index (χ0v) is 13.3. The fourth-order valence-electron chi connectivity index (χ4n) is 3.11. The van der Waals surface area contributed by atoms with Gasteiger partial charge in [-0.15, -0.1) is 0 Å². The van der Waals surface area contributed by atoms with Gasteiger partial charge in [0.05, 0.1) is 0 Å². The Kier molecular flexibility index (Phi) is 4.94. The first-order valence-electron chi connectivity index (χ1n) is 7.86. The van der Waals surface area contributed by atoms with E-state index in [2.05, 4.69) is 0 Å². The summed E-state index contributed by atoms with van der Waals surface area (Å²) >= 11 is 0. The maximum absolute atomic E-state index is 14.0. The van der Waals surface area contributed by atoms with E-state index in [1.54, 1.807) is 0 Å². The van der Waals surface area contributed by atoms with Crippen LogP contribution in [0.5, 0.6) is 0 Å². The van der Waals surface area contributed by atoms with E-state index < -0.39 is 35.2 Å². The zero-order chi connectivity index (χ0) is 18.0. The van der Waals surface area contributed by atoms with Crippen molar-refractivity contribution in [1.82, 2.24) is 4.90 Å². The van der Waals surface area contributed by atoms with Crippen molar-refractivity contribution in [2.24, 2.45) is 0 Å². The number of carbonyl (C=O) groups is 1. The van der Waals surface area contributed by atoms with E-state index >= 15 is 0 Å². The predicted molar refractivity (Wildman–Crippen MR) is 86.8 cm³/mol. The monoisotopic (exact) mass is 350 g/mol. The number of hydrogen-bond acceptors (Lipinski definition) is 3. The highest BCUT2D eigenvalue weighted by molar-refractivity contribution is 5.79. The Morgan fingerprint density at radius 3 is 2.32 bits per heavy atom. The molecule has 1 fully saturated rings. The van der Waals surface area contributed by atoms with Crippen molar-refractivity contribution in [3.05, 3.63) is 65.5 Å². The van der Waals surface area contributed by atoms with Gasteiger partial charge in [0.25, 0.3) is 0 Å². The van der Waals surface area contributed by atoms with Crippen molar-refractivity contribution >= 4 is 11.7 Å². The highest BCUT2D eigenvalue weighted by atomic mass is 19.1. The lowest BCUT2D eigenvalue weighted by Gasteiger charge is -2.40. The molecule has 1 aliphatic heterocycles. The van der Waals surface area contributed by atoms with Gasteiger partial charge >= 0.3 is 5.97 Å². The number of hydrogen-bond donors (Lipinski definition) is 1. The average molecular weight is 350 g/mol. The smallest absolute Gasteiger partial charge is 0.327 e. The van der Waals surface area contributed by atoms with Gasteiger partial charge in [-0.25, -0.2) is 18.0 Å². The SMILES string of the molecule is O=C(O)C1CN(Cc2ccccc2)CCN1c1c(F)cc(F)cc1F. The predicted octanol–water partition coefficient (Wildman–Crippen LogP) is 2.88. The van der Waals surface area contributed by atoms with E-state index in [0.29, 0.717) is 25.2 Å². The quantitative estimate of drug-likeness (QED) is 0.921. The molecule has 1 aliphatic rings. The molecule has 0 radical (unpaired) electrons. The number of carboxylic acid groups (broad SMARTS) is 1. The number of anilines is 1. The number of benzene rings is 2. The molecular formula is C18H17F3N2O2. The molecule has 1 heterocycles. The fourth-order valence-corrected chi connectivity index (χ4v) is 3.11. The summed E-state index contributed by atoms with van der Waals surface area (Å²) in [6.45, 7) is 1.23. The minimum Gasteiger partial charge on any atom is -0.480 e. The lowest BCUT2D eigenvalue weighted by molar-refractivity contribution is -0.139. The van der Waals surface area contributed by atoms with Gasteiger partial charge in [0.2, 0.25) is 0 Å². The number of carboxylic acids is 1. The molecule has 132 valence electrons. The lowest BCUT2D eigenvalue weighted by Crippen LogP contribution is -2.56. The van der Waals surface area contributed by atoms with Crippen LogP contribution in [-0.2, 0) is 11.3 Å². The van der Waals surface area contributed by atoms with Crippen molar-refractivity contribution in [1.29, 1.82) is 0 Å². The summed E-state index contributed by atoms with van der Waals surface area (Å²) < 4.78 is 41.2. The molecular weight excluding hydrogens is 333 g/mol. The van der Waals surface area contributed by atoms with E-state index in [9.17, 15) is 23.1 Å². The number of rotatable bonds is 4. The molecule has 0 saturated carbocycles. The van der Waals surface area contributed by atoms with Crippen LogP contribution >= 0.6 is 0 Å². The molecule has 0 spiro atoms. The van der Waals surface area contributed by atoms with Crippen LogP contribution < -0.4 is 4.90 Å². The standard InChI is InChI=1S/C18H17F3N2O2/c19-13-8-14(20)17(15(21)9-13)23-7-6-22(11-16(23)18(24)25)10-12-4-2-1-3-5-12/h1-5,8-9,16H,6-7,10-11H2,(H,24,25). The summed E-state index contributed by atoms with van der Waals surface area (Å²) in [5.41, 5.74) is 0.535. The third kappa shape index (κ3) is 3.76. The van der Waals surface area contributed by atoms with E-state index in [-0.39, 0.29) is 13.1 Å². The summed E-state index contributed by atoms with van der Waals surface area (Å²) in [5, 5.41) is 9.50. The van der Waals surface area contributed by atoms with E-state index in [0.717, 1.165) is 10.5 Å². The van der Waals surface area contributed by atoms with Crippen LogP contribution in [-0.4, -0.2) is 41.7 Å². The Morgan fingerprint density at radius 1 is 1.08 bits per heavy atom. The molecule has 2 aromatic rings. The van der Waals surface area contributed by atoms with E-state index in [4.69, 9.17) is 0 Å². The van der Waals surface area contributed by atoms with Crippen LogP contribution in [0.2, 0.25) is 0 Å². The van der Waals surface area contributed by atoms with Gasteiger partial charge < -0.3 is 10.0 Å². The van der Waals surface area contributed by atoms with Gasteiger partial charge in [0.15, 0.2) is 11.6 Å². The maximum atomic E-state index is 14.0. The van der Waals surface area contributed by atoms with Gasteiger partial charge in [0.1, 0.15) is 17.5 Å². The second kappa shape index (κ2) is 7.14. The first kappa shape index (κ1) is 17.3. The Bertz CT molecular complexity index is 747. The third-order valence-electron chi connectivity index (χ3n) is 4.27. The first-order chi connectivity index (χ1) is 12.0. The second-order valence-corrected chi connectivity index (χ2v) is 5.99. The Labute approximate surface area is 143 Å². The molecule has 0 bridgehead atoms. The van der Waals surface area contributed by atoms with Gasteiger partial charge in [-0.2, -0.15) is 0 Å². The molecule has 0 aliphatic carbocycles. The Balaban J connectivity index is 1.82. The molecule has 1 saturated heterocycles. The summed E-state index contributed by atoms with van der Waals surface area (Å²) in [5.74, 6) is -4.41. The van der Waals surface area contributed by atoms with E-state index in [1.807, 2.05) is 35.2 Å².